The molecular formula is C14H9Br2FO. The van der Waals surface area contributed by atoms with E-state index in [-0.39, 0.29) is 11.3 Å². The molecule has 4 heteroatoms. The molecule has 1 nitrogen and oxygen atoms in total. The van der Waals surface area contributed by atoms with Crippen LogP contribution in [-0.4, -0.2) is 5.78 Å². The molecule has 0 bridgehead atoms. The third-order valence-corrected chi connectivity index (χ3v) is 3.98. The lowest BCUT2D eigenvalue weighted by molar-refractivity contribution is 0.103. The zero-order valence-electron chi connectivity index (χ0n) is 9.51. The summed E-state index contributed by atoms with van der Waals surface area (Å²) in [4.78, 5) is 12.2. The monoisotopic (exact) mass is 370 g/mol. The normalized spacial score (nSPS) is 10.4. The summed E-state index contributed by atoms with van der Waals surface area (Å²) in [6.07, 6.45) is 0. The average molecular weight is 372 g/mol. The topological polar surface area (TPSA) is 17.1 Å². The number of benzene rings is 2. The predicted octanol–water partition coefficient (Wildman–Crippen LogP) is 4.89. The first-order valence-corrected chi connectivity index (χ1v) is 6.83. The molecule has 0 fully saturated rings. The number of halogens is 3. The summed E-state index contributed by atoms with van der Waals surface area (Å²) in [5.74, 6) is -0.826. The summed E-state index contributed by atoms with van der Waals surface area (Å²) >= 11 is 6.60. The van der Waals surface area contributed by atoms with E-state index in [1.165, 1.54) is 12.1 Å². The fourth-order valence-electron chi connectivity index (χ4n) is 1.61. The lowest BCUT2D eigenvalue weighted by Crippen LogP contribution is -2.04. The van der Waals surface area contributed by atoms with Crippen molar-refractivity contribution in [3.63, 3.8) is 0 Å². The first kappa shape index (κ1) is 13.4. The van der Waals surface area contributed by atoms with Gasteiger partial charge in [0, 0.05) is 14.5 Å². The third kappa shape index (κ3) is 2.70. The molecule has 0 heterocycles. The Morgan fingerprint density at radius 2 is 1.83 bits per heavy atom. The molecular weight excluding hydrogens is 363 g/mol. The van der Waals surface area contributed by atoms with Crippen LogP contribution in [0, 0.1) is 12.7 Å². The summed E-state index contributed by atoms with van der Waals surface area (Å²) in [6, 6.07) is 9.56. The molecule has 0 spiro atoms. The van der Waals surface area contributed by atoms with E-state index in [4.69, 9.17) is 0 Å². The van der Waals surface area contributed by atoms with E-state index in [2.05, 4.69) is 31.9 Å². The zero-order valence-corrected chi connectivity index (χ0v) is 12.7. The summed E-state index contributed by atoms with van der Waals surface area (Å²) < 4.78 is 15.2. The maximum atomic E-state index is 13.6. The standard InChI is InChI=1S/C14H9Br2FO/c1-8-6-9(2-4-12(8)16)14(18)11-7-10(15)3-5-13(11)17/h2-7H,1H3. The smallest absolute Gasteiger partial charge is 0.196 e. The van der Waals surface area contributed by atoms with Crippen molar-refractivity contribution in [2.45, 2.75) is 6.92 Å². The van der Waals surface area contributed by atoms with Gasteiger partial charge in [0.2, 0.25) is 0 Å². The first-order chi connectivity index (χ1) is 8.49. The van der Waals surface area contributed by atoms with E-state index in [0.29, 0.717) is 10.0 Å². The number of carbonyl (C=O) groups excluding carboxylic acids is 1. The maximum absolute atomic E-state index is 13.6. The zero-order chi connectivity index (χ0) is 13.3. The lowest BCUT2D eigenvalue weighted by atomic mass is 10.0. The van der Waals surface area contributed by atoms with E-state index in [9.17, 15) is 9.18 Å². The summed E-state index contributed by atoms with van der Waals surface area (Å²) in [5, 5.41) is 0. The van der Waals surface area contributed by atoms with Crippen molar-refractivity contribution >= 4 is 37.6 Å². The van der Waals surface area contributed by atoms with E-state index < -0.39 is 5.82 Å². The van der Waals surface area contributed by atoms with Crippen LogP contribution < -0.4 is 0 Å². The molecule has 0 amide bonds. The van der Waals surface area contributed by atoms with Gasteiger partial charge in [0.1, 0.15) is 5.82 Å². The molecule has 0 radical (unpaired) electrons. The van der Waals surface area contributed by atoms with Crippen molar-refractivity contribution in [3.8, 4) is 0 Å². The van der Waals surface area contributed by atoms with Gasteiger partial charge in [-0.25, -0.2) is 4.39 Å². The maximum Gasteiger partial charge on any atom is 0.196 e. The molecule has 0 aromatic heterocycles. The molecule has 0 aliphatic carbocycles. The summed E-state index contributed by atoms with van der Waals surface area (Å²) in [6.45, 7) is 1.89. The number of hydrogen-bond donors (Lipinski definition) is 0. The average Bonchev–Trinajstić information content (AvgIpc) is 2.35. The Hall–Kier alpha value is -1.00. The Morgan fingerprint density at radius 1 is 1.11 bits per heavy atom. The van der Waals surface area contributed by atoms with Crippen molar-refractivity contribution in [3.05, 3.63) is 67.9 Å². The highest BCUT2D eigenvalue weighted by Gasteiger charge is 2.15. The van der Waals surface area contributed by atoms with Gasteiger partial charge in [-0.15, -0.1) is 0 Å². The van der Waals surface area contributed by atoms with Crippen molar-refractivity contribution in [2.75, 3.05) is 0 Å². The predicted molar refractivity (Wildman–Crippen MR) is 76.4 cm³/mol. The molecule has 0 N–H and O–H groups in total. The first-order valence-electron chi connectivity index (χ1n) is 5.25. The Morgan fingerprint density at radius 3 is 2.50 bits per heavy atom. The molecule has 0 aliphatic rings. The van der Waals surface area contributed by atoms with Crippen LogP contribution in [0.15, 0.2) is 45.3 Å². The minimum absolute atomic E-state index is 0.0751. The van der Waals surface area contributed by atoms with Crippen LogP contribution in [0.5, 0.6) is 0 Å². The number of hydrogen-bond acceptors (Lipinski definition) is 1. The van der Waals surface area contributed by atoms with Gasteiger partial charge < -0.3 is 0 Å². The van der Waals surface area contributed by atoms with Gasteiger partial charge in [0.25, 0.3) is 0 Å². The van der Waals surface area contributed by atoms with Crippen molar-refractivity contribution in [1.29, 1.82) is 0 Å². The highest BCUT2D eigenvalue weighted by molar-refractivity contribution is 9.10. The molecule has 0 atom stereocenters. The largest absolute Gasteiger partial charge is 0.288 e. The highest BCUT2D eigenvalue weighted by atomic mass is 79.9. The van der Waals surface area contributed by atoms with Crippen LogP contribution in [0.2, 0.25) is 0 Å². The Balaban J connectivity index is 2.47. The van der Waals surface area contributed by atoms with E-state index in [0.717, 1.165) is 10.0 Å². The number of ketones is 1. The molecule has 92 valence electrons. The summed E-state index contributed by atoms with van der Waals surface area (Å²) in [5.41, 5.74) is 1.50. The third-order valence-electron chi connectivity index (χ3n) is 2.59. The minimum Gasteiger partial charge on any atom is -0.288 e. The molecule has 2 aromatic carbocycles. The summed E-state index contributed by atoms with van der Waals surface area (Å²) in [7, 11) is 0. The fourth-order valence-corrected chi connectivity index (χ4v) is 2.22. The van der Waals surface area contributed by atoms with Crippen LogP contribution >= 0.6 is 31.9 Å². The molecule has 0 unspecified atom stereocenters. The van der Waals surface area contributed by atoms with Crippen molar-refractivity contribution in [2.24, 2.45) is 0 Å². The number of aryl methyl sites for hydroxylation is 1. The minimum atomic E-state index is -0.510. The molecule has 2 rings (SSSR count). The van der Waals surface area contributed by atoms with E-state index >= 15 is 0 Å². The van der Waals surface area contributed by atoms with Crippen molar-refractivity contribution < 1.29 is 9.18 Å². The lowest BCUT2D eigenvalue weighted by Gasteiger charge is -2.05. The van der Waals surface area contributed by atoms with E-state index in [1.54, 1.807) is 24.3 Å². The van der Waals surface area contributed by atoms with Gasteiger partial charge in [0.05, 0.1) is 5.56 Å². The van der Waals surface area contributed by atoms with Gasteiger partial charge in [-0.3, -0.25) is 4.79 Å². The SMILES string of the molecule is Cc1cc(C(=O)c2cc(Br)ccc2F)ccc1Br. The quantitative estimate of drug-likeness (QED) is 0.687. The highest BCUT2D eigenvalue weighted by Crippen LogP contribution is 2.22. The molecule has 0 saturated carbocycles. The Labute approximate surface area is 121 Å². The van der Waals surface area contributed by atoms with Gasteiger partial charge in [-0.05, 0) is 48.9 Å². The van der Waals surface area contributed by atoms with Gasteiger partial charge in [-0.1, -0.05) is 31.9 Å². The number of rotatable bonds is 2. The van der Waals surface area contributed by atoms with Gasteiger partial charge in [0.15, 0.2) is 5.78 Å². The van der Waals surface area contributed by atoms with Crippen LogP contribution in [0.1, 0.15) is 21.5 Å². The molecule has 0 aliphatic heterocycles. The number of carbonyl (C=O) groups is 1. The Kier molecular flexibility index (Phi) is 3.97. The molecule has 18 heavy (non-hydrogen) atoms. The Bertz CT molecular complexity index is 623. The van der Waals surface area contributed by atoms with Crippen LogP contribution in [0.4, 0.5) is 4.39 Å². The van der Waals surface area contributed by atoms with Gasteiger partial charge >= 0.3 is 0 Å². The van der Waals surface area contributed by atoms with Crippen LogP contribution in [0.25, 0.3) is 0 Å². The second-order valence-electron chi connectivity index (χ2n) is 3.92. The second kappa shape index (κ2) is 5.33. The molecule has 2 aromatic rings. The second-order valence-corrected chi connectivity index (χ2v) is 5.69. The van der Waals surface area contributed by atoms with Crippen molar-refractivity contribution in [1.82, 2.24) is 0 Å². The van der Waals surface area contributed by atoms with Gasteiger partial charge in [-0.2, -0.15) is 0 Å². The fraction of sp³-hybridized carbons (Fsp3) is 0.0714. The van der Waals surface area contributed by atoms with E-state index in [1.807, 2.05) is 6.92 Å². The van der Waals surface area contributed by atoms with Crippen LogP contribution in [-0.2, 0) is 0 Å². The van der Waals surface area contributed by atoms with Crippen LogP contribution in [0.3, 0.4) is 0 Å². The molecule has 0 saturated heterocycles.